The molecule has 58 heavy (non-hydrogen) atoms. The SMILES string of the molecule is Cc1cc(-c2ccc(N/N=C3\C(=O)c4c(N)cc(S(=O)(=O)O)cc4C=C3S(=O)(=O)O)c(C)c2)ccc1N/N=C1\C(=O)c2c(N)cc(S(=O)(=O)O)cc2C=C1S(=O)(=O)O. The first-order valence-electron chi connectivity index (χ1n) is 16.0. The molecular weight excluding hydrogens is 845 g/mol. The van der Waals surface area contributed by atoms with Crippen molar-refractivity contribution in [3.63, 3.8) is 0 Å². The second kappa shape index (κ2) is 14.4. The van der Waals surface area contributed by atoms with Crippen LogP contribution in [0.5, 0.6) is 0 Å². The van der Waals surface area contributed by atoms with Gasteiger partial charge in [-0.15, -0.1) is 0 Å². The maximum atomic E-state index is 13.4. The molecule has 0 saturated carbocycles. The summed E-state index contributed by atoms with van der Waals surface area (Å²) in [6.45, 7) is 3.32. The van der Waals surface area contributed by atoms with Crippen LogP contribution in [0.4, 0.5) is 22.7 Å². The van der Waals surface area contributed by atoms with Crippen molar-refractivity contribution in [1.82, 2.24) is 0 Å². The Kier molecular flexibility index (Phi) is 10.3. The summed E-state index contributed by atoms with van der Waals surface area (Å²) in [5.74, 6) is -2.14. The van der Waals surface area contributed by atoms with E-state index < -0.39 is 94.4 Å². The van der Waals surface area contributed by atoms with Crippen LogP contribution >= 0.6 is 0 Å². The fourth-order valence-corrected chi connectivity index (χ4v) is 8.44. The summed E-state index contributed by atoms with van der Waals surface area (Å²) < 4.78 is 134. The third kappa shape index (κ3) is 8.02. The molecule has 0 aromatic heterocycles. The van der Waals surface area contributed by atoms with Crippen LogP contribution in [0.15, 0.2) is 90.5 Å². The second-order valence-electron chi connectivity index (χ2n) is 12.7. The number of hydrogen-bond acceptors (Lipinski definition) is 16. The first-order chi connectivity index (χ1) is 26.8. The molecule has 0 aliphatic heterocycles. The summed E-state index contributed by atoms with van der Waals surface area (Å²) in [4.78, 5) is 23.4. The highest BCUT2D eigenvalue weighted by molar-refractivity contribution is 7.91. The van der Waals surface area contributed by atoms with E-state index in [1.54, 1.807) is 50.2 Å². The number of fused-ring (bicyclic) bond motifs is 2. The van der Waals surface area contributed by atoms with Crippen molar-refractivity contribution in [2.75, 3.05) is 22.3 Å². The number of hydrogen-bond donors (Lipinski definition) is 8. The van der Waals surface area contributed by atoms with Gasteiger partial charge < -0.3 is 11.5 Å². The highest BCUT2D eigenvalue weighted by Gasteiger charge is 2.36. The molecule has 0 saturated heterocycles. The Bertz CT molecular complexity index is 2930. The first kappa shape index (κ1) is 41.5. The van der Waals surface area contributed by atoms with Gasteiger partial charge in [-0.1, -0.05) is 12.1 Å². The fourth-order valence-electron chi connectivity index (χ4n) is 6.02. The molecule has 24 heteroatoms. The minimum atomic E-state index is -5.10. The molecule has 4 aromatic carbocycles. The van der Waals surface area contributed by atoms with Crippen molar-refractivity contribution < 1.29 is 61.5 Å². The summed E-state index contributed by atoms with van der Waals surface area (Å²) in [6, 6.07) is 13.0. The molecule has 20 nitrogen and oxygen atoms in total. The molecule has 2 aliphatic carbocycles. The summed E-state index contributed by atoms with van der Waals surface area (Å²) in [7, 11) is -19.8. The quantitative estimate of drug-likeness (QED) is 0.0678. The smallest absolute Gasteiger partial charge is 0.296 e. The van der Waals surface area contributed by atoms with Gasteiger partial charge in [-0.25, -0.2) is 0 Å². The predicted molar refractivity (Wildman–Crippen MR) is 213 cm³/mol. The van der Waals surface area contributed by atoms with Crippen LogP contribution in [0.1, 0.15) is 43.0 Å². The van der Waals surface area contributed by atoms with Crippen molar-refractivity contribution in [2.24, 2.45) is 10.2 Å². The summed E-state index contributed by atoms with van der Waals surface area (Å²) in [5.41, 5.74) is 16.3. The van der Waals surface area contributed by atoms with E-state index in [-0.39, 0.29) is 22.3 Å². The van der Waals surface area contributed by atoms with Gasteiger partial charge in [0.1, 0.15) is 9.81 Å². The largest absolute Gasteiger partial charge is 0.398 e. The zero-order valence-electron chi connectivity index (χ0n) is 29.5. The lowest BCUT2D eigenvalue weighted by molar-refractivity contribution is 0.105. The number of ketones is 2. The van der Waals surface area contributed by atoms with Gasteiger partial charge in [-0.2, -0.15) is 43.9 Å². The number of hydrazone groups is 2. The lowest BCUT2D eigenvalue weighted by Crippen LogP contribution is -2.28. The number of carbonyl (C=O) groups is 2. The Labute approximate surface area is 329 Å². The monoisotopic (exact) mass is 872 g/mol. The molecule has 2 aliphatic rings. The Hall–Kier alpha value is -6.12. The van der Waals surface area contributed by atoms with Crippen LogP contribution in [-0.4, -0.2) is 74.9 Å². The molecule has 6 rings (SSSR count). The summed E-state index contributed by atoms with van der Waals surface area (Å²) >= 11 is 0. The van der Waals surface area contributed by atoms with Crippen LogP contribution in [0.3, 0.4) is 0 Å². The van der Waals surface area contributed by atoms with E-state index in [1.807, 2.05) is 0 Å². The molecule has 4 aromatic rings. The van der Waals surface area contributed by atoms with Gasteiger partial charge in [0.15, 0.2) is 11.4 Å². The Balaban J connectivity index is 1.27. The van der Waals surface area contributed by atoms with Crippen molar-refractivity contribution in [2.45, 2.75) is 23.6 Å². The summed E-state index contributed by atoms with van der Waals surface area (Å²) in [6.07, 6.45) is 1.58. The topological polar surface area (TPSA) is 352 Å². The molecule has 0 fully saturated rings. The van der Waals surface area contributed by atoms with Crippen molar-refractivity contribution in [1.29, 1.82) is 0 Å². The van der Waals surface area contributed by atoms with Gasteiger partial charge in [0.25, 0.3) is 40.5 Å². The van der Waals surface area contributed by atoms with E-state index in [4.69, 9.17) is 11.5 Å². The molecule has 0 amide bonds. The summed E-state index contributed by atoms with van der Waals surface area (Å²) in [5, 5.41) is 7.88. The van der Waals surface area contributed by atoms with E-state index in [1.165, 1.54) is 0 Å². The minimum absolute atomic E-state index is 0.293. The number of Topliss-reactive ketones (excluding diaryl/α,β-unsaturated/α-hetero) is 2. The first-order valence-corrected chi connectivity index (χ1v) is 21.7. The third-order valence-electron chi connectivity index (χ3n) is 8.78. The zero-order valence-corrected chi connectivity index (χ0v) is 32.7. The number of aryl methyl sites for hydroxylation is 2. The molecule has 302 valence electrons. The van der Waals surface area contributed by atoms with Crippen LogP contribution in [0.25, 0.3) is 23.3 Å². The lowest BCUT2D eigenvalue weighted by atomic mass is 9.93. The molecule has 0 spiro atoms. The van der Waals surface area contributed by atoms with Crippen LogP contribution in [0.2, 0.25) is 0 Å². The number of carbonyl (C=O) groups excluding carboxylic acids is 2. The maximum absolute atomic E-state index is 13.4. The number of nitrogens with two attached hydrogens (primary N) is 2. The van der Waals surface area contributed by atoms with Gasteiger partial charge in [-0.3, -0.25) is 38.7 Å². The molecule has 10 N–H and O–H groups in total. The normalized spacial score (nSPS) is 16.1. The van der Waals surface area contributed by atoms with E-state index in [9.17, 15) is 61.5 Å². The van der Waals surface area contributed by atoms with E-state index in [0.29, 0.717) is 33.6 Å². The van der Waals surface area contributed by atoms with E-state index in [0.717, 1.165) is 36.4 Å². The zero-order chi connectivity index (χ0) is 42.9. The van der Waals surface area contributed by atoms with Gasteiger partial charge in [0.2, 0.25) is 11.6 Å². The molecule has 0 radical (unpaired) electrons. The fraction of sp³-hybridized carbons (Fsp3) is 0.0588. The number of benzene rings is 4. The maximum Gasteiger partial charge on any atom is 0.296 e. The van der Waals surface area contributed by atoms with Crippen molar-refractivity contribution >= 4 is 98.4 Å². The van der Waals surface area contributed by atoms with E-state index in [2.05, 4.69) is 21.1 Å². The number of nitrogens with zero attached hydrogens (tertiary/aromatic N) is 2. The average Bonchev–Trinajstić information content (AvgIpc) is 3.09. The van der Waals surface area contributed by atoms with Crippen molar-refractivity contribution in [3.8, 4) is 11.1 Å². The molecule has 0 atom stereocenters. The Morgan fingerprint density at radius 2 is 0.862 bits per heavy atom. The molecule has 0 heterocycles. The molecular formula is C34H28N6O14S4. The van der Waals surface area contributed by atoms with E-state index >= 15 is 0 Å². The third-order valence-corrected chi connectivity index (χ3v) is 12.2. The number of allylic oxidation sites excluding steroid dienone is 2. The van der Waals surface area contributed by atoms with Crippen LogP contribution in [-0.2, 0) is 40.5 Å². The Morgan fingerprint density at radius 1 is 0.517 bits per heavy atom. The predicted octanol–water partition coefficient (Wildman–Crippen LogP) is 3.41. The number of rotatable bonds is 9. The van der Waals surface area contributed by atoms with Gasteiger partial charge in [0, 0.05) is 11.4 Å². The van der Waals surface area contributed by atoms with Gasteiger partial charge in [0.05, 0.1) is 32.3 Å². The van der Waals surface area contributed by atoms with Crippen LogP contribution in [0, 0.1) is 13.8 Å². The second-order valence-corrected chi connectivity index (χ2v) is 18.4. The Morgan fingerprint density at radius 3 is 1.16 bits per heavy atom. The highest BCUT2D eigenvalue weighted by Crippen LogP contribution is 2.35. The van der Waals surface area contributed by atoms with Crippen LogP contribution < -0.4 is 22.3 Å². The lowest BCUT2D eigenvalue weighted by Gasteiger charge is -2.19. The average molecular weight is 873 g/mol. The van der Waals surface area contributed by atoms with Gasteiger partial charge >= 0.3 is 0 Å². The minimum Gasteiger partial charge on any atom is -0.398 e. The standard InChI is InChI=1S/C34H28N6O14S4/c1-15-7-17(3-5-25(15)37-39-31-27(57(49,50)51)11-19-9-21(55(43,44)45)13-23(35)29(19)33(31)41)18-4-6-26(16(2)8-18)38-40-32-28(58(52,53)54)12-20-10-22(56(46,47)48)14-24(36)30(20)34(32)42/h3-14,37-38H,35-36H2,1-2H3,(H,43,44,45)(H,46,47,48)(H,49,50,51)(H,52,53,54)/b39-31-,40-32-. The number of anilines is 4. The van der Waals surface area contributed by atoms with Gasteiger partial charge in [-0.05, 0) is 108 Å². The molecule has 0 bridgehead atoms. The molecule has 0 unspecified atom stereocenters. The highest BCUT2D eigenvalue weighted by atomic mass is 32.2. The van der Waals surface area contributed by atoms with Crippen molar-refractivity contribution in [3.05, 3.63) is 104 Å². The number of nitrogen functional groups attached to an aromatic ring is 2. The number of nitrogens with one attached hydrogen (secondary N) is 2.